The molecule has 0 aromatic heterocycles. The molecule has 21 heavy (non-hydrogen) atoms. The number of piperazine rings is 1. The number of carbonyl (C=O) groups is 1. The number of likely N-dealkylation sites (N-methyl/N-ethyl adjacent to an activating group) is 2. The van der Waals surface area contributed by atoms with E-state index in [9.17, 15) is 4.79 Å². The normalized spacial score (nSPS) is 23.7. The molecule has 2 heterocycles. The SMILES string of the molecule is CCCCOCC(=O)N1CCC2(CC1)CN(C)CCN2C. The maximum atomic E-state index is 12.2. The first-order chi connectivity index (χ1) is 10.1. The number of rotatable bonds is 5. The minimum atomic E-state index is 0.160. The van der Waals surface area contributed by atoms with Gasteiger partial charge in [-0.1, -0.05) is 13.3 Å². The zero-order valence-corrected chi connectivity index (χ0v) is 13.9. The van der Waals surface area contributed by atoms with E-state index >= 15 is 0 Å². The Morgan fingerprint density at radius 1 is 1.14 bits per heavy atom. The number of amides is 1. The van der Waals surface area contributed by atoms with Crippen molar-refractivity contribution >= 4 is 5.91 Å². The molecule has 0 aromatic rings. The summed E-state index contributed by atoms with van der Waals surface area (Å²) < 4.78 is 5.45. The van der Waals surface area contributed by atoms with Gasteiger partial charge in [-0.3, -0.25) is 9.69 Å². The van der Waals surface area contributed by atoms with Crippen LogP contribution in [0.4, 0.5) is 0 Å². The lowest BCUT2D eigenvalue weighted by atomic mass is 9.84. The van der Waals surface area contributed by atoms with E-state index in [1.165, 1.54) is 0 Å². The quantitative estimate of drug-likeness (QED) is 0.711. The molecule has 0 bridgehead atoms. The monoisotopic (exact) mass is 297 g/mol. The Morgan fingerprint density at radius 3 is 2.52 bits per heavy atom. The Kier molecular flexibility index (Phi) is 6.02. The summed E-state index contributed by atoms with van der Waals surface area (Å²) in [5.74, 6) is 0.160. The second-order valence-corrected chi connectivity index (χ2v) is 6.67. The molecule has 0 N–H and O–H groups in total. The smallest absolute Gasteiger partial charge is 0.248 e. The maximum absolute atomic E-state index is 12.2. The van der Waals surface area contributed by atoms with Crippen LogP contribution < -0.4 is 0 Å². The Balaban J connectivity index is 1.78. The zero-order valence-electron chi connectivity index (χ0n) is 13.9. The summed E-state index contributed by atoms with van der Waals surface area (Å²) in [6.07, 6.45) is 4.30. The lowest BCUT2D eigenvalue weighted by Crippen LogP contribution is -2.64. The van der Waals surface area contributed by atoms with Crippen LogP contribution in [0.25, 0.3) is 0 Å². The number of hydrogen-bond acceptors (Lipinski definition) is 4. The van der Waals surface area contributed by atoms with E-state index in [0.717, 1.165) is 58.4 Å². The van der Waals surface area contributed by atoms with Gasteiger partial charge >= 0.3 is 0 Å². The molecule has 0 radical (unpaired) electrons. The van der Waals surface area contributed by atoms with Crippen LogP contribution in [0.1, 0.15) is 32.6 Å². The number of unbranched alkanes of at least 4 members (excludes halogenated alkanes) is 1. The van der Waals surface area contributed by atoms with Crippen molar-refractivity contribution in [1.82, 2.24) is 14.7 Å². The van der Waals surface area contributed by atoms with E-state index in [0.29, 0.717) is 6.61 Å². The lowest BCUT2D eigenvalue weighted by Gasteiger charge is -2.52. The highest BCUT2D eigenvalue weighted by Crippen LogP contribution is 2.31. The first-order valence-electron chi connectivity index (χ1n) is 8.33. The van der Waals surface area contributed by atoms with Crippen molar-refractivity contribution in [1.29, 1.82) is 0 Å². The van der Waals surface area contributed by atoms with Gasteiger partial charge in [0, 0.05) is 44.9 Å². The second-order valence-electron chi connectivity index (χ2n) is 6.67. The minimum absolute atomic E-state index is 0.160. The molecule has 2 aliphatic heterocycles. The summed E-state index contributed by atoms with van der Waals surface area (Å²) in [6, 6.07) is 0. The molecule has 0 aliphatic carbocycles. The molecule has 1 amide bonds. The third-order valence-electron chi connectivity index (χ3n) is 5.11. The van der Waals surface area contributed by atoms with Crippen LogP contribution in [-0.4, -0.2) is 86.2 Å². The zero-order chi connectivity index (χ0) is 15.3. The highest BCUT2D eigenvalue weighted by molar-refractivity contribution is 5.77. The number of carbonyl (C=O) groups excluding carboxylic acids is 1. The van der Waals surface area contributed by atoms with E-state index in [1.54, 1.807) is 0 Å². The van der Waals surface area contributed by atoms with Crippen LogP contribution in [0.2, 0.25) is 0 Å². The Bertz CT molecular complexity index is 340. The van der Waals surface area contributed by atoms with E-state index < -0.39 is 0 Å². The van der Waals surface area contributed by atoms with Gasteiger partial charge in [0.1, 0.15) is 6.61 Å². The summed E-state index contributed by atoms with van der Waals surface area (Å²) in [5.41, 5.74) is 0.271. The summed E-state index contributed by atoms with van der Waals surface area (Å²) in [4.78, 5) is 19.1. The van der Waals surface area contributed by atoms with Gasteiger partial charge in [-0.05, 0) is 33.4 Å². The van der Waals surface area contributed by atoms with E-state index in [4.69, 9.17) is 4.74 Å². The molecule has 2 rings (SSSR count). The fraction of sp³-hybridized carbons (Fsp3) is 0.938. The lowest BCUT2D eigenvalue weighted by molar-refractivity contribution is -0.139. The van der Waals surface area contributed by atoms with Gasteiger partial charge in [0.2, 0.25) is 5.91 Å². The fourth-order valence-electron chi connectivity index (χ4n) is 3.47. The molecule has 2 aliphatic rings. The molecular weight excluding hydrogens is 266 g/mol. The maximum Gasteiger partial charge on any atom is 0.248 e. The van der Waals surface area contributed by atoms with Gasteiger partial charge < -0.3 is 14.5 Å². The van der Waals surface area contributed by atoms with Gasteiger partial charge in [0.05, 0.1) is 0 Å². The molecule has 5 nitrogen and oxygen atoms in total. The van der Waals surface area contributed by atoms with Crippen molar-refractivity contribution in [3.05, 3.63) is 0 Å². The Morgan fingerprint density at radius 2 is 1.86 bits per heavy atom. The average Bonchev–Trinajstić information content (AvgIpc) is 2.48. The van der Waals surface area contributed by atoms with Gasteiger partial charge in [0.15, 0.2) is 0 Å². The van der Waals surface area contributed by atoms with Crippen molar-refractivity contribution in [2.75, 3.05) is 60.0 Å². The summed E-state index contributed by atoms with van der Waals surface area (Å²) >= 11 is 0. The van der Waals surface area contributed by atoms with Crippen LogP contribution in [-0.2, 0) is 9.53 Å². The first kappa shape index (κ1) is 16.7. The van der Waals surface area contributed by atoms with E-state index in [-0.39, 0.29) is 18.1 Å². The van der Waals surface area contributed by atoms with Gasteiger partial charge in [0.25, 0.3) is 0 Å². The highest BCUT2D eigenvalue weighted by atomic mass is 16.5. The minimum Gasteiger partial charge on any atom is -0.372 e. The number of nitrogens with zero attached hydrogens (tertiary/aromatic N) is 3. The topological polar surface area (TPSA) is 36.0 Å². The number of ether oxygens (including phenoxy) is 1. The molecule has 0 atom stereocenters. The van der Waals surface area contributed by atoms with Crippen LogP contribution in [0.15, 0.2) is 0 Å². The van der Waals surface area contributed by atoms with Gasteiger partial charge in [-0.2, -0.15) is 0 Å². The molecular formula is C16H31N3O2. The largest absolute Gasteiger partial charge is 0.372 e. The predicted octanol–water partition coefficient (Wildman–Crippen LogP) is 1.04. The first-order valence-corrected chi connectivity index (χ1v) is 8.33. The molecule has 2 fully saturated rings. The summed E-state index contributed by atoms with van der Waals surface area (Å²) in [7, 11) is 4.44. The molecule has 2 saturated heterocycles. The highest BCUT2D eigenvalue weighted by Gasteiger charge is 2.41. The molecule has 1 spiro atoms. The van der Waals surface area contributed by atoms with E-state index in [2.05, 4.69) is 30.8 Å². The summed E-state index contributed by atoms with van der Waals surface area (Å²) in [6.45, 7) is 8.22. The molecule has 0 saturated carbocycles. The molecule has 5 heteroatoms. The standard InChI is InChI=1S/C16H31N3O2/c1-4-5-12-21-13-15(20)19-8-6-16(7-9-19)14-17(2)10-11-18(16)3/h4-14H2,1-3H3. The third kappa shape index (κ3) is 4.18. The van der Waals surface area contributed by atoms with Gasteiger partial charge in [-0.15, -0.1) is 0 Å². The molecule has 122 valence electrons. The predicted molar refractivity (Wildman–Crippen MR) is 84.4 cm³/mol. The van der Waals surface area contributed by atoms with Crippen LogP contribution in [0.3, 0.4) is 0 Å². The van der Waals surface area contributed by atoms with E-state index in [1.807, 2.05) is 4.90 Å². The van der Waals surface area contributed by atoms with Crippen molar-refractivity contribution in [2.24, 2.45) is 0 Å². The Labute approximate surface area is 129 Å². The number of piperidine rings is 1. The van der Waals surface area contributed by atoms with Crippen molar-refractivity contribution in [3.63, 3.8) is 0 Å². The fourth-order valence-corrected chi connectivity index (χ4v) is 3.47. The molecule has 0 aromatic carbocycles. The average molecular weight is 297 g/mol. The van der Waals surface area contributed by atoms with Gasteiger partial charge in [-0.25, -0.2) is 0 Å². The van der Waals surface area contributed by atoms with Crippen molar-refractivity contribution < 1.29 is 9.53 Å². The van der Waals surface area contributed by atoms with Crippen molar-refractivity contribution in [2.45, 2.75) is 38.1 Å². The molecule has 0 unspecified atom stereocenters. The van der Waals surface area contributed by atoms with Crippen LogP contribution in [0, 0.1) is 0 Å². The number of hydrogen-bond donors (Lipinski definition) is 0. The van der Waals surface area contributed by atoms with Crippen LogP contribution in [0.5, 0.6) is 0 Å². The third-order valence-corrected chi connectivity index (χ3v) is 5.11. The number of likely N-dealkylation sites (tertiary alicyclic amines) is 1. The second kappa shape index (κ2) is 7.56. The van der Waals surface area contributed by atoms with Crippen LogP contribution >= 0.6 is 0 Å². The van der Waals surface area contributed by atoms with Crippen molar-refractivity contribution in [3.8, 4) is 0 Å². The summed E-state index contributed by atoms with van der Waals surface area (Å²) in [5, 5.41) is 0. The Hall–Kier alpha value is -0.650.